The smallest absolute Gasteiger partial charge is 0.212 e. The summed E-state index contributed by atoms with van der Waals surface area (Å²) in [5.41, 5.74) is 6.74. The summed E-state index contributed by atoms with van der Waals surface area (Å²) in [7, 11) is 0. The summed E-state index contributed by atoms with van der Waals surface area (Å²) < 4.78 is 27.5. The van der Waals surface area contributed by atoms with Crippen LogP contribution in [0.2, 0.25) is 0 Å². The maximum absolute atomic E-state index is 13.1. The minimum Gasteiger partial charge on any atom is -0.325 e. The summed E-state index contributed by atoms with van der Waals surface area (Å²) in [6.07, 6.45) is 1.72. The molecule has 2 aromatic heterocycles. The van der Waals surface area contributed by atoms with Crippen molar-refractivity contribution in [3.63, 3.8) is 0 Å². The van der Waals surface area contributed by atoms with Crippen LogP contribution in [0, 0.1) is 11.6 Å². The third kappa shape index (κ3) is 1.77. The van der Waals surface area contributed by atoms with Gasteiger partial charge in [0.2, 0.25) is 4.96 Å². The molecule has 0 aliphatic carbocycles. The molecule has 2 heterocycles. The number of halogens is 2. The number of hydrogen-bond donors (Lipinski definition) is 1. The maximum Gasteiger partial charge on any atom is 0.212 e. The molecule has 0 aliphatic heterocycles. The molecular formula is C11H8F2N4S. The van der Waals surface area contributed by atoms with Crippen LogP contribution in [0.4, 0.5) is 8.78 Å². The van der Waals surface area contributed by atoms with Gasteiger partial charge in [-0.3, -0.25) is 0 Å². The van der Waals surface area contributed by atoms with Crippen LogP contribution in [0.15, 0.2) is 24.4 Å². The molecule has 2 N–H and O–H groups in total. The molecule has 0 bridgehead atoms. The molecule has 3 aromatic rings. The van der Waals surface area contributed by atoms with Crippen LogP contribution in [0.1, 0.15) is 5.69 Å². The van der Waals surface area contributed by atoms with Gasteiger partial charge in [-0.1, -0.05) is 11.3 Å². The lowest BCUT2D eigenvalue weighted by Gasteiger charge is -1.96. The van der Waals surface area contributed by atoms with Crippen LogP contribution in [0.3, 0.4) is 0 Å². The number of imidazole rings is 1. The topological polar surface area (TPSA) is 56.2 Å². The second kappa shape index (κ2) is 4.11. The lowest BCUT2D eigenvalue weighted by atomic mass is 10.2. The van der Waals surface area contributed by atoms with Gasteiger partial charge in [-0.2, -0.15) is 5.10 Å². The minimum atomic E-state index is -0.886. The largest absolute Gasteiger partial charge is 0.325 e. The Morgan fingerprint density at radius 2 is 2.11 bits per heavy atom. The van der Waals surface area contributed by atoms with Gasteiger partial charge in [0, 0.05) is 12.1 Å². The van der Waals surface area contributed by atoms with E-state index in [-0.39, 0.29) is 0 Å². The van der Waals surface area contributed by atoms with Gasteiger partial charge < -0.3 is 5.73 Å². The number of fused-ring (bicyclic) bond motifs is 1. The summed E-state index contributed by atoms with van der Waals surface area (Å²) in [5, 5.41) is 4.83. The molecule has 3 rings (SSSR count). The summed E-state index contributed by atoms with van der Waals surface area (Å²) >= 11 is 1.30. The van der Waals surface area contributed by atoms with Gasteiger partial charge in [-0.15, -0.1) is 0 Å². The van der Waals surface area contributed by atoms with E-state index in [1.807, 2.05) is 0 Å². The van der Waals surface area contributed by atoms with Crippen LogP contribution in [-0.2, 0) is 6.54 Å². The van der Waals surface area contributed by atoms with Crippen molar-refractivity contribution in [2.45, 2.75) is 6.54 Å². The molecule has 0 saturated carbocycles. The average Bonchev–Trinajstić information content (AvgIpc) is 2.90. The summed E-state index contributed by atoms with van der Waals surface area (Å²) in [4.78, 5) is 4.92. The fraction of sp³-hybridized carbons (Fsp3) is 0.0909. The second-order valence-electron chi connectivity index (χ2n) is 3.70. The van der Waals surface area contributed by atoms with Crippen molar-refractivity contribution in [1.82, 2.24) is 14.6 Å². The number of aromatic nitrogens is 3. The van der Waals surface area contributed by atoms with Gasteiger partial charge in [-0.25, -0.2) is 18.3 Å². The van der Waals surface area contributed by atoms with E-state index < -0.39 is 11.6 Å². The molecular weight excluding hydrogens is 258 g/mol. The Kier molecular flexibility index (Phi) is 2.57. The summed E-state index contributed by atoms with van der Waals surface area (Å²) in [5.74, 6) is -1.76. The van der Waals surface area contributed by atoms with E-state index in [4.69, 9.17) is 5.73 Å². The highest BCUT2D eigenvalue weighted by Gasteiger charge is 2.11. The van der Waals surface area contributed by atoms with Gasteiger partial charge in [0.15, 0.2) is 11.6 Å². The number of rotatable bonds is 2. The molecule has 92 valence electrons. The number of benzene rings is 1. The van der Waals surface area contributed by atoms with E-state index >= 15 is 0 Å². The first-order chi connectivity index (χ1) is 8.67. The van der Waals surface area contributed by atoms with E-state index in [0.717, 1.165) is 17.8 Å². The van der Waals surface area contributed by atoms with E-state index in [1.54, 1.807) is 10.7 Å². The van der Waals surface area contributed by atoms with E-state index in [1.165, 1.54) is 17.4 Å². The Morgan fingerprint density at radius 3 is 2.78 bits per heavy atom. The predicted molar refractivity (Wildman–Crippen MR) is 64.1 cm³/mol. The first kappa shape index (κ1) is 11.2. The molecule has 7 heteroatoms. The van der Waals surface area contributed by atoms with Gasteiger partial charge in [0.05, 0.1) is 11.9 Å². The number of nitrogens with zero attached hydrogens (tertiary/aromatic N) is 3. The van der Waals surface area contributed by atoms with E-state index in [2.05, 4.69) is 10.1 Å². The van der Waals surface area contributed by atoms with E-state index in [0.29, 0.717) is 22.1 Å². The van der Waals surface area contributed by atoms with Crippen LogP contribution in [-0.4, -0.2) is 14.6 Å². The molecule has 0 aliphatic rings. The quantitative estimate of drug-likeness (QED) is 0.773. The third-order valence-electron chi connectivity index (χ3n) is 2.47. The fourth-order valence-electron chi connectivity index (χ4n) is 1.59. The summed E-state index contributed by atoms with van der Waals surface area (Å²) in [6.45, 7) is 0.344. The van der Waals surface area contributed by atoms with Crippen LogP contribution < -0.4 is 5.73 Å². The zero-order valence-electron chi connectivity index (χ0n) is 9.10. The Morgan fingerprint density at radius 1 is 1.28 bits per heavy atom. The SMILES string of the molecule is NCc1cn2nc(-c3ccc(F)c(F)c3)sc2n1. The monoisotopic (exact) mass is 266 g/mol. The highest BCUT2D eigenvalue weighted by molar-refractivity contribution is 7.19. The van der Waals surface area contributed by atoms with Gasteiger partial charge in [0.25, 0.3) is 0 Å². The van der Waals surface area contributed by atoms with Gasteiger partial charge >= 0.3 is 0 Å². The Hall–Kier alpha value is -1.86. The first-order valence-corrected chi connectivity index (χ1v) is 5.99. The molecule has 0 unspecified atom stereocenters. The number of nitrogens with two attached hydrogens (primary N) is 1. The molecule has 1 aromatic carbocycles. The zero-order valence-corrected chi connectivity index (χ0v) is 9.92. The lowest BCUT2D eigenvalue weighted by molar-refractivity contribution is 0.509. The van der Waals surface area contributed by atoms with Crippen molar-refractivity contribution in [3.05, 3.63) is 41.7 Å². The maximum atomic E-state index is 13.1. The molecule has 0 radical (unpaired) electrons. The first-order valence-electron chi connectivity index (χ1n) is 5.18. The van der Waals surface area contributed by atoms with Crippen molar-refractivity contribution in [2.24, 2.45) is 5.73 Å². The van der Waals surface area contributed by atoms with Gasteiger partial charge in [-0.05, 0) is 18.2 Å². The van der Waals surface area contributed by atoms with Crippen LogP contribution in [0.5, 0.6) is 0 Å². The Balaban J connectivity index is 2.07. The third-order valence-corrected chi connectivity index (χ3v) is 3.44. The average molecular weight is 266 g/mol. The highest BCUT2D eigenvalue weighted by Crippen LogP contribution is 2.26. The molecule has 0 amide bonds. The number of hydrogen-bond acceptors (Lipinski definition) is 4. The van der Waals surface area contributed by atoms with Crippen molar-refractivity contribution >= 4 is 16.3 Å². The predicted octanol–water partition coefficient (Wildman–Crippen LogP) is 2.19. The summed E-state index contributed by atoms with van der Waals surface area (Å²) in [6, 6.07) is 3.69. The molecule has 0 fully saturated rings. The van der Waals surface area contributed by atoms with Crippen molar-refractivity contribution in [3.8, 4) is 10.6 Å². The normalized spacial score (nSPS) is 11.3. The lowest BCUT2D eigenvalue weighted by Crippen LogP contribution is -1.95. The van der Waals surface area contributed by atoms with Crippen LogP contribution >= 0.6 is 11.3 Å². The minimum absolute atomic E-state index is 0.344. The Bertz CT molecular complexity index is 687. The molecule has 0 spiro atoms. The Labute approximate surface area is 105 Å². The highest BCUT2D eigenvalue weighted by atomic mass is 32.1. The molecule has 0 atom stereocenters. The van der Waals surface area contributed by atoms with E-state index in [9.17, 15) is 8.78 Å². The fourth-order valence-corrected chi connectivity index (χ4v) is 2.49. The van der Waals surface area contributed by atoms with Crippen molar-refractivity contribution in [1.29, 1.82) is 0 Å². The van der Waals surface area contributed by atoms with Crippen molar-refractivity contribution < 1.29 is 8.78 Å². The standard InChI is InChI=1S/C11H8F2N4S/c12-8-2-1-6(3-9(8)13)10-16-17-5-7(4-14)15-11(17)18-10/h1-3,5H,4,14H2. The molecule has 0 saturated heterocycles. The zero-order chi connectivity index (χ0) is 12.7. The van der Waals surface area contributed by atoms with Crippen molar-refractivity contribution in [2.75, 3.05) is 0 Å². The molecule has 18 heavy (non-hydrogen) atoms. The van der Waals surface area contributed by atoms with Gasteiger partial charge in [0.1, 0.15) is 5.01 Å². The second-order valence-corrected chi connectivity index (χ2v) is 4.66. The van der Waals surface area contributed by atoms with Crippen LogP contribution in [0.25, 0.3) is 15.5 Å². The molecule has 4 nitrogen and oxygen atoms in total.